The van der Waals surface area contributed by atoms with E-state index in [0.29, 0.717) is 37.8 Å². The van der Waals surface area contributed by atoms with E-state index >= 15 is 0 Å². The van der Waals surface area contributed by atoms with E-state index in [2.05, 4.69) is 10.6 Å². The number of amides is 4. The highest BCUT2D eigenvalue weighted by molar-refractivity contribution is 7.90. The summed E-state index contributed by atoms with van der Waals surface area (Å²) in [5, 5.41) is 15.6. The molecular weight excluding hydrogens is 602 g/mol. The summed E-state index contributed by atoms with van der Waals surface area (Å²) in [4.78, 5) is 53.4. The van der Waals surface area contributed by atoms with Gasteiger partial charge in [0.1, 0.15) is 39.8 Å². The molecule has 0 bridgehead atoms. The van der Waals surface area contributed by atoms with Crippen LogP contribution in [-0.2, 0) is 29.1 Å². The first kappa shape index (κ1) is 33.3. The van der Waals surface area contributed by atoms with Gasteiger partial charge in [-0.25, -0.2) is 26.7 Å². The molecule has 4 N–H and O–H groups in total. The Morgan fingerprint density at radius 1 is 1.16 bits per heavy atom. The van der Waals surface area contributed by atoms with Gasteiger partial charge in [0.15, 0.2) is 0 Å². The second-order valence-corrected chi connectivity index (χ2v) is 14.1. The van der Waals surface area contributed by atoms with E-state index in [1.807, 2.05) is 0 Å². The lowest BCUT2D eigenvalue weighted by Crippen LogP contribution is -2.58. The summed E-state index contributed by atoms with van der Waals surface area (Å²) >= 11 is 0. The Hall–Kier alpha value is -3.59. The van der Waals surface area contributed by atoms with Gasteiger partial charge < -0.3 is 25.4 Å². The van der Waals surface area contributed by atoms with Crippen molar-refractivity contribution in [3.63, 3.8) is 0 Å². The van der Waals surface area contributed by atoms with Crippen LogP contribution >= 0.6 is 0 Å². The topological polar surface area (TPSA) is 171 Å². The number of sulfonamides is 1. The average Bonchev–Trinajstić information content (AvgIpc) is 3.46. The van der Waals surface area contributed by atoms with Crippen molar-refractivity contribution >= 4 is 33.8 Å². The van der Waals surface area contributed by atoms with Crippen LogP contribution in [0.4, 0.5) is 13.6 Å². The molecule has 4 rings (SSSR count). The van der Waals surface area contributed by atoms with Crippen LogP contribution in [0.5, 0.6) is 0 Å². The van der Waals surface area contributed by atoms with Gasteiger partial charge >= 0.3 is 6.09 Å². The number of alkyl carbamates (subject to hydrolysis) is 1. The summed E-state index contributed by atoms with van der Waals surface area (Å²) in [7, 11) is -4.87. The lowest BCUT2D eigenvalue weighted by atomic mass is 10.0. The molecule has 0 aromatic heterocycles. The molecule has 2 heterocycles. The van der Waals surface area contributed by atoms with E-state index in [-0.39, 0.29) is 25.8 Å². The molecular formula is C29H38F2N4O8S. The first-order valence-electron chi connectivity index (χ1n) is 14.5. The zero-order chi connectivity index (χ0) is 32.4. The Bertz CT molecular complexity index is 1450. The fourth-order valence-corrected chi connectivity index (χ4v) is 6.63. The van der Waals surface area contributed by atoms with Crippen LogP contribution in [0.25, 0.3) is 0 Å². The second kappa shape index (κ2) is 12.8. The molecule has 15 heteroatoms. The summed E-state index contributed by atoms with van der Waals surface area (Å²) in [6, 6.07) is -0.509. The van der Waals surface area contributed by atoms with Crippen molar-refractivity contribution in [1.29, 1.82) is 0 Å². The first-order chi connectivity index (χ1) is 20.5. The minimum absolute atomic E-state index is 0.00821. The summed E-state index contributed by atoms with van der Waals surface area (Å²) in [5.74, 6) is -5.52. The number of aliphatic hydroxyl groups excluding tert-OH is 1. The van der Waals surface area contributed by atoms with Crippen molar-refractivity contribution in [2.75, 3.05) is 6.54 Å². The van der Waals surface area contributed by atoms with E-state index < -0.39 is 85.6 Å². The Morgan fingerprint density at radius 2 is 1.89 bits per heavy atom. The number of carbonyl (C=O) groups excluding carboxylic acids is 4. The van der Waals surface area contributed by atoms with Crippen LogP contribution in [0.15, 0.2) is 35.2 Å². The molecule has 4 amide bonds. The van der Waals surface area contributed by atoms with Gasteiger partial charge in [0, 0.05) is 18.9 Å². The third-order valence-electron chi connectivity index (χ3n) is 7.76. The largest absolute Gasteiger partial charge is 0.444 e. The third-order valence-corrected chi connectivity index (χ3v) is 9.11. The molecule has 2 aliphatic heterocycles. The monoisotopic (exact) mass is 640 g/mol. The number of hydrogen-bond acceptors (Lipinski definition) is 8. The number of rotatable bonds is 4. The number of fused-ring (bicyclic) bond motifs is 2. The van der Waals surface area contributed by atoms with E-state index in [0.717, 1.165) is 11.0 Å². The zero-order valence-electron chi connectivity index (χ0n) is 24.8. The van der Waals surface area contributed by atoms with Crippen LogP contribution in [0, 0.1) is 17.6 Å². The summed E-state index contributed by atoms with van der Waals surface area (Å²) < 4.78 is 60.8. The predicted octanol–water partition coefficient (Wildman–Crippen LogP) is 2.02. The van der Waals surface area contributed by atoms with Gasteiger partial charge in [-0.05, 0) is 64.7 Å². The van der Waals surface area contributed by atoms with E-state index in [1.165, 1.54) is 0 Å². The van der Waals surface area contributed by atoms with Crippen molar-refractivity contribution in [2.24, 2.45) is 5.92 Å². The Labute approximate surface area is 254 Å². The van der Waals surface area contributed by atoms with Crippen molar-refractivity contribution in [3.05, 3.63) is 42.0 Å². The zero-order valence-corrected chi connectivity index (χ0v) is 25.6. The molecule has 242 valence electrons. The Kier molecular flexibility index (Phi) is 9.69. The number of benzene rings is 1. The van der Waals surface area contributed by atoms with Crippen molar-refractivity contribution < 1.29 is 46.2 Å². The standard InChI is InChI=1S/C29H38F2N4O8S/c1-28(2,3)43-27(40)32-21-10-8-6-4-5-7-9-17-15-29(17,33-24(37)22-14-19(36)16-35(22)25(21)38)26(39)34-44(41,42)23-13-18(30)11-12-20(23)31/h7,9,11-13,17,19,21-22,36H,4-6,8,10,14-16H2,1-3H3,(H,32,40)(H,33,37)(H,34,39)/b9-7-/t17-,19-,21+,22+,29-/m1/s1. The average molecular weight is 641 g/mol. The number of allylic oxidation sites excluding steroid dienone is 1. The molecule has 1 aromatic carbocycles. The van der Waals surface area contributed by atoms with Gasteiger partial charge in [-0.15, -0.1) is 0 Å². The van der Waals surface area contributed by atoms with Gasteiger partial charge in [0.05, 0.1) is 6.10 Å². The predicted molar refractivity (Wildman–Crippen MR) is 152 cm³/mol. The maximum Gasteiger partial charge on any atom is 0.408 e. The highest BCUT2D eigenvalue weighted by Crippen LogP contribution is 2.46. The highest BCUT2D eigenvalue weighted by Gasteiger charge is 2.61. The summed E-state index contributed by atoms with van der Waals surface area (Å²) in [6.45, 7) is 4.81. The fourth-order valence-electron chi connectivity index (χ4n) is 5.50. The molecule has 44 heavy (non-hydrogen) atoms. The molecule has 1 saturated heterocycles. The number of carbonyl (C=O) groups is 4. The van der Waals surface area contributed by atoms with Crippen molar-refractivity contribution in [3.8, 4) is 0 Å². The van der Waals surface area contributed by atoms with Crippen molar-refractivity contribution in [1.82, 2.24) is 20.3 Å². The van der Waals surface area contributed by atoms with E-state index in [4.69, 9.17) is 4.74 Å². The molecule has 1 aliphatic carbocycles. The first-order valence-corrected chi connectivity index (χ1v) is 16.0. The number of aliphatic hydroxyl groups is 1. The van der Waals surface area contributed by atoms with Crippen LogP contribution in [0.2, 0.25) is 0 Å². The molecule has 12 nitrogen and oxygen atoms in total. The number of nitrogens with one attached hydrogen (secondary N) is 3. The molecule has 1 aromatic rings. The fraction of sp³-hybridized carbons (Fsp3) is 0.586. The second-order valence-electron chi connectivity index (χ2n) is 12.4. The molecule has 0 spiro atoms. The van der Waals surface area contributed by atoms with Gasteiger partial charge in [0.25, 0.3) is 15.9 Å². The molecule has 1 saturated carbocycles. The van der Waals surface area contributed by atoms with Gasteiger partial charge in [-0.2, -0.15) is 0 Å². The van der Waals surface area contributed by atoms with E-state index in [1.54, 1.807) is 37.6 Å². The highest BCUT2D eigenvalue weighted by atomic mass is 32.2. The maximum atomic E-state index is 14.3. The Balaban J connectivity index is 1.60. The molecule has 0 unspecified atom stereocenters. The number of hydrogen-bond donors (Lipinski definition) is 4. The normalized spacial score (nSPS) is 28.8. The molecule has 2 fully saturated rings. The molecule has 5 atom stereocenters. The minimum Gasteiger partial charge on any atom is -0.444 e. The summed E-state index contributed by atoms with van der Waals surface area (Å²) in [5.41, 5.74) is -2.59. The van der Waals surface area contributed by atoms with Crippen LogP contribution in [0.1, 0.15) is 65.7 Å². The van der Waals surface area contributed by atoms with Gasteiger partial charge in [-0.3, -0.25) is 14.4 Å². The number of nitrogens with zero attached hydrogens (tertiary/aromatic N) is 1. The SMILES string of the molecule is CC(C)(C)OC(=O)N[C@H]1CCCCC/C=C\[C@@H]2C[C@@]2(C(=O)NS(=O)(=O)c2cc(F)ccc2F)NC(=O)[C@@H]2C[C@@H](O)CN2C1=O. The Morgan fingerprint density at radius 3 is 2.59 bits per heavy atom. The molecule has 0 radical (unpaired) electrons. The smallest absolute Gasteiger partial charge is 0.408 e. The third kappa shape index (κ3) is 7.73. The van der Waals surface area contributed by atoms with Crippen molar-refractivity contribution in [2.45, 2.75) is 99.9 Å². The minimum atomic E-state index is -4.87. The lowest BCUT2D eigenvalue weighted by Gasteiger charge is -2.30. The molecule has 3 aliphatic rings. The summed E-state index contributed by atoms with van der Waals surface area (Å²) in [6.07, 6.45) is 4.26. The van der Waals surface area contributed by atoms with Crippen LogP contribution in [-0.4, -0.2) is 78.1 Å². The number of halogens is 2. The van der Waals surface area contributed by atoms with Gasteiger partial charge in [-0.1, -0.05) is 25.0 Å². The number of ether oxygens (including phenoxy) is 1. The quantitative estimate of drug-likeness (QED) is 0.362. The lowest BCUT2D eigenvalue weighted by molar-refractivity contribution is -0.141. The van der Waals surface area contributed by atoms with Crippen LogP contribution in [0.3, 0.4) is 0 Å². The van der Waals surface area contributed by atoms with Gasteiger partial charge in [0.2, 0.25) is 11.8 Å². The van der Waals surface area contributed by atoms with E-state index in [9.17, 15) is 41.5 Å². The maximum absolute atomic E-state index is 14.3. The van der Waals surface area contributed by atoms with Crippen LogP contribution < -0.4 is 15.4 Å².